The third kappa shape index (κ3) is 3.99. The molecule has 0 aromatic heterocycles. The number of rotatable bonds is 5. The number of benzene rings is 1. The minimum Gasteiger partial charge on any atom is -0.328 e. The minimum atomic E-state index is -4.10. The molecule has 1 amide bonds. The van der Waals surface area contributed by atoms with E-state index in [0.29, 0.717) is 37.3 Å². The smallest absolute Gasteiger partial charge is 0.269 e. The van der Waals surface area contributed by atoms with Crippen molar-refractivity contribution < 1.29 is 17.8 Å². The Labute approximate surface area is 183 Å². The summed E-state index contributed by atoms with van der Waals surface area (Å²) in [5, 5.41) is 0.712. The fourth-order valence-corrected chi connectivity index (χ4v) is 5.44. The lowest BCUT2D eigenvalue weighted by Gasteiger charge is -2.24. The molecule has 2 heterocycles. The zero-order valence-electron chi connectivity index (χ0n) is 15.0. The van der Waals surface area contributed by atoms with Gasteiger partial charge in [-0.15, -0.1) is 0 Å². The van der Waals surface area contributed by atoms with Crippen LogP contribution in [-0.4, -0.2) is 54.0 Å². The van der Waals surface area contributed by atoms with Gasteiger partial charge in [-0.1, -0.05) is 47.2 Å². The van der Waals surface area contributed by atoms with Gasteiger partial charge in [-0.25, -0.2) is 0 Å². The molecule has 28 heavy (non-hydrogen) atoms. The third-order valence-electron chi connectivity index (χ3n) is 4.40. The van der Waals surface area contributed by atoms with Crippen LogP contribution in [0.25, 0.3) is 0 Å². The van der Waals surface area contributed by atoms with E-state index in [0.717, 1.165) is 5.69 Å². The van der Waals surface area contributed by atoms with E-state index < -0.39 is 15.9 Å². The third-order valence-corrected chi connectivity index (χ3v) is 7.35. The molecule has 3 rings (SSSR count). The average molecular weight is 482 g/mol. The number of nitrogens with zero attached hydrogens (tertiary/aromatic N) is 3. The molecular formula is C16H17Cl2N3O4S3. The second-order valence-electron chi connectivity index (χ2n) is 6.18. The number of anilines is 2. The van der Waals surface area contributed by atoms with Crippen LogP contribution in [0, 0.1) is 0 Å². The summed E-state index contributed by atoms with van der Waals surface area (Å²) >= 11 is 18.9. The quantitative estimate of drug-likeness (QED) is 0.388. The van der Waals surface area contributed by atoms with Crippen molar-refractivity contribution in [2.45, 2.75) is 13.3 Å². The number of thioether (sulfide) groups is 1. The Kier molecular flexibility index (Phi) is 6.19. The van der Waals surface area contributed by atoms with Crippen LogP contribution in [0.5, 0.6) is 0 Å². The Hall–Kier alpha value is -1.04. The van der Waals surface area contributed by atoms with Gasteiger partial charge in [0.05, 0.1) is 27.2 Å². The summed E-state index contributed by atoms with van der Waals surface area (Å²) in [5.41, 5.74) is 1.43. The van der Waals surface area contributed by atoms with Crippen molar-refractivity contribution >= 4 is 78.9 Å². The van der Waals surface area contributed by atoms with Crippen LogP contribution in [-0.2, 0) is 14.9 Å². The van der Waals surface area contributed by atoms with Gasteiger partial charge in [0, 0.05) is 20.1 Å². The first-order chi connectivity index (χ1) is 13.0. The molecule has 0 unspecified atom stereocenters. The van der Waals surface area contributed by atoms with E-state index in [1.54, 1.807) is 19.2 Å². The molecule has 7 nitrogen and oxygen atoms in total. The maximum Gasteiger partial charge on any atom is 0.269 e. The first-order valence-corrected chi connectivity index (χ1v) is 11.9. The van der Waals surface area contributed by atoms with Crippen LogP contribution in [0.15, 0.2) is 22.9 Å². The second kappa shape index (κ2) is 8.00. The number of carbonyl (C=O) groups is 1. The van der Waals surface area contributed by atoms with Crippen molar-refractivity contribution in [2.24, 2.45) is 0 Å². The fraction of sp³-hybridized carbons (Fsp3) is 0.375. The van der Waals surface area contributed by atoms with Crippen molar-refractivity contribution in [2.75, 3.05) is 35.7 Å². The number of carbonyl (C=O) groups excluding carboxylic acids is 1. The minimum absolute atomic E-state index is 0.157. The van der Waals surface area contributed by atoms with Crippen LogP contribution in [0.1, 0.15) is 13.3 Å². The van der Waals surface area contributed by atoms with Crippen molar-refractivity contribution in [3.63, 3.8) is 0 Å². The van der Waals surface area contributed by atoms with Gasteiger partial charge in [0.2, 0.25) is 0 Å². The molecule has 12 heteroatoms. The zero-order chi connectivity index (χ0) is 20.8. The molecule has 152 valence electrons. The summed E-state index contributed by atoms with van der Waals surface area (Å²) in [4.78, 5) is 18.4. The maximum atomic E-state index is 12.9. The SMILES string of the molecule is CCN1C(=O)/C(=C2\N(C)c3cc(Cl)c(Cl)cc3N2CCCS(=O)(=O)O)SC1=S. The van der Waals surface area contributed by atoms with Crippen molar-refractivity contribution in [1.29, 1.82) is 0 Å². The molecule has 0 radical (unpaired) electrons. The van der Waals surface area contributed by atoms with Crippen molar-refractivity contribution in [1.82, 2.24) is 4.90 Å². The zero-order valence-corrected chi connectivity index (χ0v) is 18.9. The van der Waals surface area contributed by atoms with Gasteiger partial charge in [0.15, 0.2) is 0 Å². The number of thiocarbonyl (C=S) groups is 1. The lowest BCUT2D eigenvalue weighted by atomic mass is 10.2. The Bertz CT molecular complexity index is 997. The fourth-order valence-electron chi connectivity index (χ4n) is 3.13. The summed E-state index contributed by atoms with van der Waals surface area (Å²) in [7, 11) is -2.30. The number of halogens is 2. The van der Waals surface area contributed by atoms with Gasteiger partial charge in [0.1, 0.15) is 15.0 Å². The van der Waals surface area contributed by atoms with Gasteiger partial charge in [0.25, 0.3) is 16.0 Å². The van der Waals surface area contributed by atoms with E-state index in [1.807, 2.05) is 16.7 Å². The molecule has 1 fully saturated rings. The Morgan fingerprint density at radius 1 is 1.18 bits per heavy atom. The van der Waals surface area contributed by atoms with E-state index in [4.69, 9.17) is 40.0 Å². The molecule has 1 aromatic rings. The predicted octanol–water partition coefficient (Wildman–Crippen LogP) is 3.58. The molecule has 0 spiro atoms. The average Bonchev–Trinajstić information content (AvgIpc) is 3.01. The lowest BCUT2D eigenvalue weighted by Crippen LogP contribution is -2.32. The van der Waals surface area contributed by atoms with Gasteiger partial charge in [-0.3, -0.25) is 14.2 Å². The first-order valence-electron chi connectivity index (χ1n) is 8.28. The van der Waals surface area contributed by atoms with Crippen LogP contribution < -0.4 is 9.80 Å². The number of hydrogen-bond donors (Lipinski definition) is 1. The molecule has 0 atom stereocenters. The summed E-state index contributed by atoms with van der Waals surface area (Å²) in [6.07, 6.45) is 0.157. The largest absolute Gasteiger partial charge is 0.328 e. The number of likely N-dealkylation sites (N-methyl/N-ethyl adjacent to an activating group) is 1. The molecule has 2 aliphatic heterocycles. The highest BCUT2D eigenvalue weighted by Gasteiger charge is 2.40. The summed E-state index contributed by atoms with van der Waals surface area (Å²) in [6, 6.07) is 3.37. The summed E-state index contributed by atoms with van der Waals surface area (Å²) in [5.74, 6) is -0.0197. The van der Waals surface area contributed by atoms with Gasteiger partial charge in [-0.2, -0.15) is 8.42 Å². The highest BCUT2D eigenvalue weighted by atomic mass is 35.5. The Balaban J connectivity index is 2.08. The summed E-state index contributed by atoms with van der Waals surface area (Å²) in [6.45, 7) is 2.55. The standard InChI is InChI=1S/C16H17Cl2N3O4S3/c1-3-20-15(22)13(27-16(20)26)14-19(2)11-7-9(17)10(18)8-12(11)21(14)5-4-6-28(23,24)25/h7-8H,3-6H2,1-2H3,(H,23,24,25)/b14-13-. The monoisotopic (exact) mass is 481 g/mol. The van der Waals surface area contributed by atoms with Gasteiger partial charge < -0.3 is 9.80 Å². The van der Waals surface area contributed by atoms with Crippen LogP contribution in [0.4, 0.5) is 11.4 Å². The summed E-state index contributed by atoms with van der Waals surface area (Å²) < 4.78 is 31.8. The van der Waals surface area contributed by atoms with E-state index >= 15 is 0 Å². The molecule has 0 aliphatic carbocycles. The van der Waals surface area contributed by atoms with E-state index in [-0.39, 0.29) is 18.9 Å². The van der Waals surface area contributed by atoms with Crippen LogP contribution in [0.2, 0.25) is 10.0 Å². The van der Waals surface area contributed by atoms with Gasteiger partial charge in [-0.05, 0) is 25.5 Å². The van der Waals surface area contributed by atoms with Crippen molar-refractivity contribution in [3.05, 3.63) is 32.9 Å². The normalized spacial score (nSPS) is 19.8. The van der Waals surface area contributed by atoms with E-state index in [1.165, 1.54) is 16.7 Å². The number of hydrogen-bond acceptors (Lipinski definition) is 7. The molecule has 1 saturated heterocycles. The molecule has 2 aliphatic rings. The van der Waals surface area contributed by atoms with Crippen LogP contribution >= 0.6 is 47.2 Å². The van der Waals surface area contributed by atoms with E-state index in [2.05, 4.69) is 0 Å². The molecule has 0 bridgehead atoms. The van der Waals surface area contributed by atoms with Crippen molar-refractivity contribution in [3.8, 4) is 0 Å². The first kappa shape index (κ1) is 21.7. The van der Waals surface area contributed by atoms with Gasteiger partial charge >= 0.3 is 0 Å². The topological polar surface area (TPSA) is 81.2 Å². The number of amides is 1. The van der Waals surface area contributed by atoms with E-state index in [9.17, 15) is 13.2 Å². The Morgan fingerprint density at radius 3 is 2.32 bits per heavy atom. The molecular weight excluding hydrogens is 465 g/mol. The number of fused-ring (bicyclic) bond motifs is 1. The highest BCUT2D eigenvalue weighted by Crippen LogP contribution is 2.48. The highest BCUT2D eigenvalue weighted by molar-refractivity contribution is 8.26. The van der Waals surface area contributed by atoms with Crippen LogP contribution in [0.3, 0.4) is 0 Å². The lowest BCUT2D eigenvalue weighted by molar-refractivity contribution is -0.122. The Morgan fingerprint density at radius 2 is 1.79 bits per heavy atom. The molecule has 1 N–H and O–H groups in total. The second-order valence-corrected chi connectivity index (χ2v) is 10.2. The molecule has 0 saturated carbocycles. The maximum absolute atomic E-state index is 12.9. The molecule has 1 aromatic carbocycles. The predicted molar refractivity (Wildman–Crippen MR) is 118 cm³/mol.